The van der Waals surface area contributed by atoms with E-state index in [0.29, 0.717) is 18.1 Å². The van der Waals surface area contributed by atoms with E-state index < -0.39 is 6.10 Å². The molecule has 0 aliphatic carbocycles. The Morgan fingerprint density at radius 2 is 1.79 bits per heavy atom. The minimum Gasteiger partial charge on any atom is -0.388 e. The van der Waals surface area contributed by atoms with Gasteiger partial charge in [-0.15, -0.1) is 0 Å². The molecular formula is C18H25ClN2O3. The topological polar surface area (TPSA) is 61.8 Å². The Hall–Kier alpha value is -1.30. The maximum absolute atomic E-state index is 12.3. The van der Waals surface area contributed by atoms with Crippen molar-refractivity contribution in [2.45, 2.75) is 37.8 Å². The van der Waals surface area contributed by atoms with E-state index in [4.69, 9.17) is 16.3 Å². The zero-order chi connectivity index (χ0) is 16.9. The highest BCUT2D eigenvalue weighted by atomic mass is 35.5. The van der Waals surface area contributed by atoms with Gasteiger partial charge < -0.3 is 20.1 Å². The summed E-state index contributed by atoms with van der Waals surface area (Å²) in [6.45, 7) is 2.81. The van der Waals surface area contributed by atoms with Crippen LogP contribution in [-0.2, 0) is 4.74 Å². The Morgan fingerprint density at radius 1 is 1.17 bits per heavy atom. The van der Waals surface area contributed by atoms with Crippen LogP contribution in [0.1, 0.15) is 37.4 Å². The van der Waals surface area contributed by atoms with Gasteiger partial charge in [-0.25, -0.2) is 4.79 Å². The van der Waals surface area contributed by atoms with Gasteiger partial charge in [0.2, 0.25) is 0 Å². The van der Waals surface area contributed by atoms with E-state index in [9.17, 15) is 9.90 Å². The summed E-state index contributed by atoms with van der Waals surface area (Å²) in [5.41, 5.74) is 0.893. The SMILES string of the molecule is O=C(NC1CCOCC1)N1CCC(C(O)c2ccc(Cl)cc2)CC1. The monoisotopic (exact) mass is 352 g/mol. The Balaban J connectivity index is 1.47. The summed E-state index contributed by atoms with van der Waals surface area (Å²) in [7, 11) is 0. The number of likely N-dealkylation sites (tertiary alicyclic amines) is 1. The van der Waals surface area contributed by atoms with Crippen LogP contribution in [0.25, 0.3) is 0 Å². The molecule has 1 aromatic carbocycles. The number of urea groups is 1. The first-order chi connectivity index (χ1) is 11.6. The third kappa shape index (κ3) is 4.41. The molecule has 0 radical (unpaired) electrons. The predicted molar refractivity (Wildman–Crippen MR) is 93.1 cm³/mol. The van der Waals surface area contributed by atoms with E-state index in [1.54, 1.807) is 12.1 Å². The van der Waals surface area contributed by atoms with Crippen LogP contribution in [0.4, 0.5) is 4.79 Å². The molecule has 3 rings (SSSR count). The van der Waals surface area contributed by atoms with Crippen molar-refractivity contribution in [2.75, 3.05) is 26.3 Å². The van der Waals surface area contributed by atoms with Gasteiger partial charge in [0.25, 0.3) is 0 Å². The van der Waals surface area contributed by atoms with Gasteiger partial charge in [-0.05, 0) is 49.3 Å². The smallest absolute Gasteiger partial charge is 0.317 e. The van der Waals surface area contributed by atoms with Crippen LogP contribution >= 0.6 is 11.6 Å². The van der Waals surface area contributed by atoms with Gasteiger partial charge in [0.05, 0.1) is 6.10 Å². The normalized spacial score (nSPS) is 21.5. The van der Waals surface area contributed by atoms with Crippen LogP contribution in [-0.4, -0.2) is 48.4 Å². The van der Waals surface area contributed by atoms with E-state index >= 15 is 0 Å². The maximum Gasteiger partial charge on any atom is 0.317 e. The summed E-state index contributed by atoms with van der Waals surface area (Å²) in [5.74, 6) is 0.179. The van der Waals surface area contributed by atoms with Crippen LogP contribution in [0.15, 0.2) is 24.3 Å². The summed E-state index contributed by atoms with van der Waals surface area (Å²) in [6, 6.07) is 7.59. The molecule has 0 bridgehead atoms. The molecule has 2 aliphatic rings. The number of rotatable bonds is 3. The number of hydrogen-bond donors (Lipinski definition) is 2. The maximum atomic E-state index is 12.3. The lowest BCUT2D eigenvalue weighted by Crippen LogP contribution is -2.49. The van der Waals surface area contributed by atoms with Crippen molar-refractivity contribution in [3.8, 4) is 0 Å². The van der Waals surface area contributed by atoms with Gasteiger partial charge in [-0.2, -0.15) is 0 Å². The minimum absolute atomic E-state index is 0.0151. The number of piperidine rings is 1. The highest BCUT2D eigenvalue weighted by molar-refractivity contribution is 6.30. The first-order valence-corrected chi connectivity index (χ1v) is 9.08. The molecule has 2 saturated heterocycles. The third-order valence-corrected chi connectivity index (χ3v) is 5.29. The average molecular weight is 353 g/mol. The van der Waals surface area contributed by atoms with Crippen molar-refractivity contribution in [2.24, 2.45) is 5.92 Å². The Morgan fingerprint density at radius 3 is 2.42 bits per heavy atom. The van der Waals surface area contributed by atoms with E-state index in [-0.39, 0.29) is 18.0 Å². The van der Waals surface area contributed by atoms with Gasteiger partial charge in [0.1, 0.15) is 0 Å². The summed E-state index contributed by atoms with van der Waals surface area (Å²) < 4.78 is 5.32. The first-order valence-electron chi connectivity index (χ1n) is 8.70. The Kier molecular flexibility index (Phi) is 5.98. The van der Waals surface area contributed by atoms with Gasteiger partial charge in [-0.3, -0.25) is 0 Å². The van der Waals surface area contributed by atoms with Gasteiger partial charge in [0, 0.05) is 37.4 Å². The molecular weight excluding hydrogens is 328 g/mol. The number of amides is 2. The minimum atomic E-state index is -0.497. The molecule has 2 heterocycles. The van der Waals surface area contributed by atoms with E-state index in [1.165, 1.54) is 0 Å². The fourth-order valence-corrected chi connectivity index (χ4v) is 3.58. The van der Waals surface area contributed by atoms with Crippen molar-refractivity contribution in [3.63, 3.8) is 0 Å². The fourth-order valence-electron chi connectivity index (χ4n) is 3.46. The number of aliphatic hydroxyl groups is 1. The molecule has 2 N–H and O–H groups in total. The molecule has 1 unspecified atom stereocenters. The number of hydrogen-bond acceptors (Lipinski definition) is 3. The van der Waals surface area contributed by atoms with Crippen molar-refractivity contribution in [1.82, 2.24) is 10.2 Å². The van der Waals surface area contributed by atoms with Gasteiger partial charge in [0.15, 0.2) is 0 Å². The van der Waals surface area contributed by atoms with Crippen LogP contribution in [0.3, 0.4) is 0 Å². The number of carbonyl (C=O) groups is 1. The average Bonchev–Trinajstić information content (AvgIpc) is 2.63. The van der Waals surface area contributed by atoms with Crippen LogP contribution in [0, 0.1) is 5.92 Å². The van der Waals surface area contributed by atoms with Crippen molar-refractivity contribution >= 4 is 17.6 Å². The fraction of sp³-hybridized carbons (Fsp3) is 0.611. The molecule has 24 heavy (non-hydrogen) atoms. The largest absolute Gasteiger partial charge is 0.388 e. The number of carbonyl (C=O) groups excluding carboxylic acids is 1. The highest BCUT2D eigenvalue weighted by Crippen LogP contribution is 2.31. The van der Waals surface area contributed by atoms with Crippen LogP contribution < -0.4 is 5.32 Å². The van der Waals surface area contributed by atoms with E-state index in [2.05, 4.69) is 5.32 Å². The molecule has 6 heteroatoms. The lowest BCUT2D eigenvalue weighted by atomic mass is 9.87. The number of benzene rings is 1. The number of aliphatic hydroxyl groups excluding tert-OH is 1. The summed E-state index contributed by atoms with van der Waals surface area (Å²) >= 11 is 5.90. The molecule has 0 aromatic heterocycles. The molecule has 0 spiro atoms. The molecule has 1 atom stereocenters. The second kappa shape index (κ2) is 8.19. The zero-order valence-electron chi connectivity index (χ0n) is 13.8. The second-order valence-electron chi connectivity index (χ2n) is 6.66. The quantitative estimate of drug-likeness (QED) is 0.879. The highest BCUT2D eigenvalue weighted by Gasteiger charge is 2.29. The van der Waals surface area contributed by atoms with Gasteiger partial charge >= 0.3 is 6.03 Å². The van der Waals surface area contributed by atoms with Crippen molar-refractivity contribution in [1.29, 1.82) is 0 Å². The first kappa shape index (κ1) is 17.5. The molecule has 132 valence electrons. The second-order valence-corrected chi connectivity index (χ2v) is 7.09. The summed E-state index contributed by atoms with van der Waals surface area (Å²) in [6.07, 6.45) is 2.90. The lowest BCUT2D eigenvalue weighted by molar-refractivity contribution is 0.0612. The number of ether oxygens (including phenoxy) is 1. The summed E-state index contributed by atoms with van der Waals surface area (Å²) in [4.78, 5) is 14.2. The number of nitrogens with zero attached hydrogens (tertiary/aromatic N) is 1. The molecule has 2 aliphatic heterocycles. The molecule has 2 amide bonds. The van der Waals surface area contributed by atoms with Crippen LogP contribution in [0.2, 0.25) is 5.02 Å². The Labute approximate surface area is 147 Å². The number of halogens is 1. The Bertz CT molecular complexity index is 538. The van der Waals surface area contributed by atoms with Crippen LogP contribution in [0.5, 0.6) is 0 Å². The molecule has 5 nitrogen and oxygen atoms in total. The van der Waals surface area contributed by atoms with Crippen molar-refractivity contribution in [3.05, 3.63) is 34.9 Å². The standard InChI is InChI=1S/C18H25ClN2O3/c19-15-3-1-13(2-4-15)17(22)14-5-9-21(10-6-14)18(23)20-16-7-11-24-12-8-16/h1-4,14,16-17,22H,5-12H2,(H,20,23). The van der Waals surface area contributed by atoms with E-state index in [0.717, 1.165) is 44.5 Å². The molecule has 1 aromatic rings. The molecule has 2 fully saturated rings. The summed E-state index contributed by atoms with van der Waals surface area (Å²) in [5, 5.41) is 14.3. The van der Waals surface area contributed by atoms with Crippen molar-refractivity contribution < 1.29 is 14.6 Å². The molecule has 0 saturated carbocycles. The number of nitrogens with one attached hydrogen (secondary N) is 1. The zero-order valence-corrected chi connectivity index (χ0v) is 14.5. The third-order valence-electron chi connectivity index (χ3n) is 5.03. The predicted octanol–water partition coefficient (Wildman–Crippen LogP) is 2.97. The lowest BCUT2D eigenvalue weighted by Gasteiger charge is -2.35. The van der Waals surface area contributed by atoms with Gasteiger partial charge in [-0.1, -0.05) is 23.7 Å². The van der Waals surface area contributed by atoms with E-state index in [1.807, 2.05) is 17.0 Å².